The van der Waals surface area contributed by atoms with Gasteiger partial charge in [-0.15, -0.1) is 0 Å². The number of carbonyl (C=O) groups excluding carboxylic acids is 1. The van der Waals surface area contributed by atoms with E-state index in [-0.39, 0.29) is 22.4 Å². The molecule has 2 aromatic rings. The van der Waals surface area contributed by atoms with E-state index < -0.39 is 10.8 Å². The van der Waals surface area contributed by atoms with Crippen LogP contribution in [0.3, 0.4) is 0 Å². The molecule has 0 spiro atoms. The summed E-state index contributed by atoms with van der Waals surface area (Å²) in [6.45, 7) is 0.418. The van der Waals surface area contributed by atoms with Crippen LogP contribution in [0.2, 0.25) is 0 Å². The van der Waals surface area contributed by atoms with Crippen LogP contribution >= 0.6 is 0 Å². The fourth-order valence-corrected chi connectivity index (χ4v) is 2.72. The van der Waals surface area contributed by atoms with Crippen LogP contribution in [-0.2, 0) is 5.41 Å². The first-order valence-corrected chi connectivity index (χ1v) is 7.25. The van der Waals surface area contributed by atoms with Gasteiger partial charge in [-0.1, -0.05) is 6.07 Å². The van der Waals surface area contributed by atoms with Gasteiger partial charge in [-0.25, -0.2) is 0 Å². The standard InChI is InChI=1S/C16H16N4O3/c17-12-2-1-3-13(20(22)23)14(12)15(21)19-10-16(6-7-16)11-4-8-18-9-5-11/h1-5,8-9H,6-7,10,17H2,(H,19,21). The van der Waals surface area contributed by atoms with E-state index in [1.165, 1.54) is 18.2 Å². The molecule has 0 unspecified atom stereocenters. The number of nitro benzene ring substituents is 1. The fourth-order valence-electron chi connectivity index (χ4n) is 2.72. The minimum absolute atomic E-state index is 0.0805. The summed E-state index contributed by atoms with van der Waals surface area (Å²) < 4.78 is 0. The van der Waals surface area contributed by atoms with Gasteiger partial charge in [0.15, 0.2) is 0 Å². The van der Waals surface area contributed by atoms with Crippen LogP contribution in [0.1, 0.15) is 28.8 Å². The Balaban J connectivity index is 1.78. The molecule has 1 aromatic heterocycles. The number of hydrogen-bond acceptors (Lipinski definition) is 5. The van der Waals surface area contributed by atoms with Crippen molar-refractivity contribution >= 4 is 17.3 Å². The normalized spacial score (nSPS) is 15.0. The van der Waals surface area contributed by atoms with E-state index in [0.29, 0.717) is 6.54 Å². The summed E-state index contributed by atoms with van der Waals surface area (Å²) in [5, 5.41) is 13.9. The van der Waals surface area contributed by atoms with Gasteiger partial charge < -0.3 is 11.1 Å². The average molecular weight is 312 g/mol. The first-order chi connectivity index (χ1) is 11.0. The molecular formula is C16H16N4O3. The van der Waals surface area contributed by atoms with Crippen LogP contribution in [0.15, 0.2) is 42.7 Å². The van der Waals surface area contributed by atoms with Gasteiger partial charge in [0, 0.05) is 30.4 Å². The van der Waals surface area contributed by atoms with Crippen LogP contribution in [0.5, 0.6) is 0 Å². The van der Waals surface area contributed by atoms with Crippen molar-refractivity contribution in [1.82, 2.24) is 10.3 Å². The summed E-state index contributed by atoms with van der Waals surface area (Å²) >= 11 is 0. The number of aromatic nitrogens is 1. The number of nitrogens with one attached hydrogen (secondary N) is 1. The molecule has 3 N–H and O–H groups in total. The summed E-state index contributed by atoms with van der Waals surface area (Å²) in [5.41, 5.74) is 6.51. The Labute approximate surface area is 132 Å². The molecule has 1 heterocycles. The summed E-state index contributed by atoms with van der Waals surface area (Å²) in [4.78, 5) is 26.9. The number of hydrogen-bond donors (Lipinski definition) is 2. The Morgan fingerprint density at radius 2 is 2.00 bits per heavy atom. The predicted octanol–water partition coefficient (Wildman–Crippen LogP) is 2.03. The van der Waals surface area contributed by atoms with Crippen molar-refractivity contribution in [1.29, 1.82) is 0 Å². The molecule has 1 aliphatic carbocycles. The maximum atomic E-state index is 12.4. The number of nitrogen functional groups attached to an aromatic ring is 1. The zero-order valence-electron chi connectivity index (χ0n) is 12.4. The lowest BCUT2D eigenvalue weighted by Crippen LogP contribution is -2.33. The van der Waals surface area contributed by atoms with Crippen molar-refractivity contribution in [3.05, 3.63) is 64.0 Å². The van der Waals surface area contributed by atoms with Crippen LogP contribution in [-0.4, -0.2) is 22.4 Å². The van der Waals surface area contributed by atoms with Gasteiger partial charge in [-0.3, -0.25) is 19.9 Å². The topological polar surface area (TPSA) is 111 Å². The van der Waals surface area contributed by atoms with Gasteiger partial charge in [0.05, 0.1) is 10.6 Å². The lowest BCUT2D eigenvalue weighted by molar-refractivity contribution is -0.385. The highest BCUT2D eigenvalue weighted by molar-refractivity contribution is 6.03. The molecule has 1 fully saturated rings. The molecule has 0 saturated heterocycles. The Morgan fingerprint density at radius 1 is 1.30 bits per heavy atom. The highest BCUT2D eigenvalue weighted by atomic mass is 16.6. The summed E-state index contributed by atoms with van der Waals surface area (Å²) in [6.07, 6.45) is 5.36. The highest BCUT2D eigenvalue weighted by Gasteiger charge is 2.44. The number of pyridine rings is 1. The lowest BCUT2D eigenvalue weighted by Gasteiger charge is -2.16. The molecule has 3 rings (SSSR count). The van der Waals surface area contributed by atoms with Crippen molar-refractivity contribution in [3.63, 3.8) is 0 Å². The van der Waals surface area contributed by atoms with E-state index in [1.54, 1.807) is 12.4 Å². The number of nitrogens with zero attached hydrogens (tertiary/aromatic N) is 2. The number of nitro groups is 1. The van der Waals surface area contributed by atoms with E-state index >= 15 is 0 Å². The average Bonchev–Trinajstić information content (AvgIpc) is 3.34. The largest absolute Gasteiger partial charge is 0.398 e. The van der Waals surface area contributed by atoms with Crippen molar-refractivity contribution in [2.45, 2.75) is 18.3 Å². The van der Waals surface area contributed by atoms with Gasteiger partial charge in [0.1, 0.15) is 5.56 Å². The molecule has 0 atom stereocenters. The predicted molar refractivity (Wildman–Crippen MR) is 85.0 cm³/mol. The van der Waals surface area contributed by atoms with E-state index in [4.69, 9.17) is 5.73 Å². The van der Waals surface area contributed by atoms with E-state index in [1.807, 2.05) is 12.1 Å². The summed E-state index contributed by atoms with van der Waals surface area (Å²) in [7, 11) is 0. The summed E-state index contributed by atoms with van der Waals surface area (Å²) in [6, 6.07) is 8.08. The second-order valence-corrected chi connectivity index (χ2v) is 5.70. The number of nitrogens with two attached hydrogens (primary N) is 1. The first kappa shape index (κ1) is 15.0. The lowest BCUT2D eigenvalue weighted by atomic mass is 9.97. The molecule has 7 heteroatoms. The number of carbonyl (C=O) groups is 1. The molecule has 0 bridgehead atoms. The second kappa shape index (κ2) is 5.68. The van der Waals surface area contributed by atoms with Crippen LogP contribution in [0, 0.1) is 10.1 Å². The van der Waals surface area contributed by atoms with Gasteiger partial charge >= 0.3 is 0 Å². The quantitative estimate of drug-likeness (QED) is 0.498. The Kier molecular flexibility index (Phi) is 3.69. The van der Waals surface area contributed by atoms with Crippen molar-refractivity contribution < 1.29 is 9.72 Å². The van der Waals surface area contributed by atoms with E-state index in [0.717, 1.165) is 18.4 Å². The Bertz CT molecular complexity index is 757. The Hall–Kier alpha value is -2.96. The molecular weight excluding hydrogens is 296 g/mol. The van der Waals surface area contributed by atoms with Crippen molar-refractivity contribution in [2.75, 3.05) is 12.3 Å². The molecule has 1 aliphatic rings. The van der Waals surface area contributed by atoms with Gasteiger partial charge in [-0.2, -0.15) is 0 Å². The number of benzene rings is 1. The van der Waals surface area contributed by atoms with Crippen molar-refractivity contribution in [2.24, 2.45) is 0 Å². The third-order valence-corrected chi connectivity index (χ3v) is 4.23. The molecule has 7 nitrogen and oxygen atoms in total. The van der Waals surface area contributed by atoms with Crippen LogP contribution < -0.4 is 11.1 Å². The monoisotopic (exact) mass is 312 g/mol. The SMILES string of the molecule is Nc1cccc([N+](=O)[O-])c1C(=O)NCC1(c2ccncc2)CC1. The van der Waals surface area contributed by atoms with Gasteiger partial charge in [-0.05, 0) is 36.6 Å². The van der Waals surface area contributed by atoms with Crippen LogP contribution in [0.25, 0.3) is 0 Å². The van der Waals surface area contributed by atoms with E-state index in [9.17, 15) is 14.9 Å². The smallest absolute Gasteiger partial charge is 0.284 e. The van der Waals surface area contributed by atoms with Gasteiger partial charge in [0.25, 0.3) is 11.6 Å². The molecule has 1 aromatic carbocycles. The molecule has 118 valence electrons. The number of anilines is 1. The summed E-state index contributed by atoms with van der Waals surface area (Å²) in [5.74, 6) is -0.518. The molecule has 0 aliphatic heterocycles. The minimum atomic E-state index is -0.596. The van der Waals surface area contributed by atoms with Crippen molar-refractivity contribution in [3.8, 4) is 0 Å². The maximum absolute atomic E-state index is 12.4. The second-order valence-electron chi connectivity index (χ2n) is 5.70. The zero-order valence-corrected chi connectivity index (χ0v) is 12.4. The first-order valence-electron chi connectivity index (χ1n) is 7.25. The third kappa shape index (κ3) is 2.85. The number of rotatable bonds is 5. The van der Waals surface area contributed by atoms with Gasteiger partial charge in [0.2, 0.25) is 0 Å². The molecule has 1 saturated carbocycles. The van der Waals surface area contributed by atoms with Crippen LogP contribution in [0.4, 0.5) is 11.4 Å². The van der Waals surface area contributed by atoms with E-state index in [2.05, 4.69) is 10.3 Å². The third-order valence-electron chi connectivity index (χ3n) is 4.23. The molecule has 23 heavy (non-hydrogen) atoms. The Morgan fingerprint density at radius 3 is 2.61 bits per heavy atom. The number of amides is 1. The molecule has 0 radical (unpaired) electrons. The minimum Gasteiger partial charge on any atom is -0.398 e. The maximum Gasteiger partial charge on any atom is 0.284 e. The zero-order chi connectivity index (χ0) is 16.4. The molecule has 1 amide bonds. The highest BCUT2D eigenvalue weighted by Crippen LogP contribution is 2.47. The fraction of sp³-hybridized carbons (Fsp3) is 0.250.